The molecule has 0 aliphatic rings. The van der Waals surface area contributed by atoms with Crippen LogP contribution >= 0.6 is 23.2 Å². The average Bonchev–Trinajstić information content (AvgIpc) is 2.42. The molecule has 0 radical (unpaired) electrons. The topological polar surface area (TPSA) is 61.4 Å². The number of carbonyl (C=O) groups excluding carboxylic acids is 2. The Bertz CT molecular complexity index is 536. The molecular formula is C15H21Cl2N3O2. The molecule has 0 aliphatic heterocycles. The summed E-state index contributed by atoms with van der Waals surface area (Å²) in [7, 11) is 0. The first kappa shape index (κ1) is 18.7. The first-order chi connectivity index (χ1) is 10.3. The maximum absolute atomic E-state index is 12.1. The number of likely N-dealkylation sites (N-methyl/N-ethyl adjacent to an activating group) is 1. The van der Waals surface area contributed by atoms with E-state index in [2.05, 4.69) is 10.6 Å². The van der Waals surface area contributed by atoms with E-state index in [4.69, 9.17) is 23.2 Å². The molecule has 2 N–H and O–H groups in total. The number of nitrogens with one attached hydrogen (secondary N) is 2. The molecule has 0 saturated carbocycles. The van der Waals surface area contributed by atoms with Crippen molar-refractivity contribution in [1.82, 2.24) is 10.2 Å². The number of amides is 2. The van der Waals surface area contributed by atoms with Crippen LogP contribution in [0.25, 0.3) is 0 Å². The number of halogens is 2. The van der Waals surface area contributed by atoms with E-state index in [9.17, 15) is 9.59 Å². The summed E-state index contributed by atoms with van der Waals surface area (Å²) in [4.78, 5) is 25.5. The van der Waals surface area contributed by atoms with Crippen molar-refractivity contribution < 1.29 is 9.59 Å². The Morgan fingerprint density at radius 1 is 1.18 bits per heavy atom. The predicted octanol–water partition coefficient (Wildman–Crippen LogP) is 2.78. The highest BCUT2D eigenvalue weighted by molar-refractivity contribution is 6.43. The van der Waals surface area contributed by atoms with E-state index in [1.165, 1.54) is 0 Å². The molecule has 1 aromatic rings. The Kier molecular flexibility index (Phi) is 7.65. The van der Waals surface area contributed by atoms with E-state index >= 15 is 0 Å². The van der Waals surface area contributed by atoms with Gasteiger partial charge in [-0.25, -0.2) is 0 Å². The molecule has 1 aromatic carbocycles. The van der Waals surface area contributed by atoms with Gasteiger partial charge in [0, 0.05) is 6.04 Å². The molecule has 0 heterocycles. The molecule has 1 rings (SSSR count). The van der Waals surface area contributed by atoms with E-state index in [-0.39, 0.29) is 30.9 Å². The third-order valence-electron chi connectivity index (χ3n) is 2.86. The van der Waals surface area contributed by atoms with Crippen molar-refractivity contribution in [2.75, 3.05) is 25.0 Å². The maximum Gasteiger partial charge on any atom is 0.238 e. The Morgan fingerprint density at radius 2 is 1.82 bits per heavy atom. The fraction of sp³-hybridized carbons (Fsp3) is 0.467. The molecular weight excluding hydrogens is 325 g/mol. The van der Waals surface area contributed by atoms with Crippen LogP contribution in [0.15, 0.2) is 18.2 Å². The second-order valence-electron chi connectivity index (χ2n) is 5.18. The highest BCUT2D eigenvalue weighted by atomic mass is 35.5. The van der Waals surface area contributed by atoms with Gasteiger partial charge in [-0.3, -0.25) is 14.5 Å². The highest BCUT2D eigenvalue weighted by Gasteiger charge is 2.15. The van der Waals surface area contributed by atoms with Crippen molar-refractivity contribution >= 4 is 40.7 Å². The van der Waals surface area contributed by atoms with Gasteiger partial charge in [0.2, 0.25) is 11.8 Å². The minimum atomic E-state index is -0.247. The van der Waals surface area contributed by atoms with E-state index < -0.39 is 0 Å². The molecule has 0 aromatic heterocycles. The summed E-state index contributed by atoms with van der Waals surface area (Å²) in [6, 6.07) is 5.10. The first-order valence-electron chi connectivity index (χ1n) is 7.09. The van der Waals surface area contributed by atoms with Crippen LogP contribution in [0, 0.1) is 0 Å². The van der Waals surface area contributed by atoms with Crippen molar-refractivity contribution in [2.45, 2.75) is 26.8 Å². The van der Waals surface area contributed by atoms with E-state index in [0.717, 1.165) is 0 Å². The SMILES string of the molecule is CCN(CC(=O)Nc1cccc(Cl)c1Cl)CC(=O)NC(C)C. The second kappa shape index (κ2) is 8.98. The molecule has 0 spiro atoms. The molecule has 0 bridgehead atoms. The molecule has 122 valence electrons. The van der Waals surface area contributed by atoms with Crippen LogP contribution in [0.3, 0.4) is 0 Å². The Labute approximate surface area is 141 Å². The van der Waals surface area contributed by atoms with E-state index in [1.807, 2.05) is 20.8 Å². The van der Waals surface area contributed by atoms with Gasteiger partial charge in [0.25, 0.3) is 0 Å². The maximum atomic E-state index is 12.1. The Balaban J connectivity index is 2.58. The van der Waals surface area contributed by atoms with E-state index in [0.29, 0.717) is 22.3 Å². The molecule has 0 unspecified atom stereocenters. The number of nitrogens with zero attached hydrogens (tertiary/aromatic N) is 1. The normalized spacial score (nSPS) is 10.9. The van der Waals surface area contributed by atoms with Crippen LogP contribution < -0.4 is 10.6 Å². The number of anilines is 1. The van der Waals surface area contributed by atoms with Crippen molar-refractivity contribution in [3.8, 4) is 0 Å². The van der Waals surface area contributed by atoms with Crippen LogP contribution in [0.5, 0.6) is 0 Å². The third-order valence-corrected chi connectivity index (χ3v) is 3.68. The Hall–Kier alpha value is -1.30. The van der Waals surface area contributed by atoms with Crippen LogP contribution in [-0.2, 0) is 9.59 Å². The highest BCUT2D eigenvalue weighted by Crippen LogP contribution is 2.29. The number of rotatable bonds is 7. The largest absolute Gasteiger partial charge is 0.353 e. The number of carbonyl (C=O) groups is 2. The smallest absolute Gasteiger partial charge is 0.238 e. The predicted molar refractivity (Wildman–Crippen MR) is 90.5 cm³/mol. The minimum Gasteiger partial charge on any atom is -0.353 e. The molecule has 2 amide bonds. The van der Waals surface area contributed by atoms with Gasteiger partial charge in [0.1, 0.15) is 0 Å². The summed E-state index contributed by atoms with van der Waals surface area (Å²) >= 11 is 11.9. The Morgan fingerprint density at radius 3 is 2.41 bits per heavy atom. The standard InChI is InChI=1S/C15H21Cl2N3O2/c1-4-20(8-13(21)18-10(2)3)9-14(22)19-12-7-5-6-11(16)15(12)17/h5-7,10H,4,8-9H2,1-3H3,(H,18,21)(H,19,22). The number of benzene rings is 1. The molecule has 0 aliphatic carbocycles. The summed E-state index contributed by atoms with van der Waals surface area (Å²) < 4.78 is 0. The fourth-order valence-electron chi connectivity index (χ4n) is 1.84. The summed E-state index contributed by atoms with van der Waals surface area (Å²) in [6.45, 7) is 6.53. The van der Waals surface area contributed by atoms with Gasteiger partial charge in [-0.1, -0.05) is 36.2 Å². The lowest BCUT2D eigenvalue weighted by molar-refractivity contribution is -0.123. The van der Waals surface area contributed by atoms with Crippen molar-refractivity contribution in [1.29, 1.82) is 0 Å². The van der Waals surface area contributed by atoms with Gasteiger partial charge in [-0.2, -0.15) is 0 Å². The van der Waals surface area contributed by atoms with Gasteiger partial charge in [0.15, 0.2) is 0 Å². The molecule has 5 nitrogen and oxygen atoms in total. The summed E-state index contributed by atoms with van der Waals surface area (Å²) in [6.07, 6.45) is 0. The third kappa shape index (κ3) is 6.22. The van der Waals surface area contributed by atoms with Crippen molar-refractivity contribution in [3.05, 3.63) is 28.2 Å². The molecule has 0 atom stereocenters. The van der Waals surface area contributed by atoms with Crippen LogP contribution in [0.2, 0.25) is 10.0 Å². The minimum absolute atomic E-state index is 0.0744. The lowest BCUT2D eigenvalue weighted by Crippen LogP contribution is -2.42. The van der Waals surface area contributed by atoms with Crippen LogP contribution in [0.1, 0.15) is 20.8 Å². The van der Waals surface area contributed by atoms with Gasteiger partial charge >= 0.3 is 0 Å². The number of hydrogen-bond donors (Lipinski definition) is 2. The summed E-state index contributed by atoms with van der Waals surface area (Å²) in [5.41, 5.74) is 0.460. The molecule has 7 heteroatoms. The zero-order valence-corrected chi connectivity index (χ0v) is 14.5. The zero-order valence-electron chi connectivity index (χ0n) is 13.0. The van der Waals surface area contributed by atoms with Crippen molar-refractivity contribution in [3.63, 3.8) is 0 Å². The fourth-order valence-corrected chi connectivity index (χ4v) is 2.19. The molecule has 0 saturated heterocycles. The molecule has 0 fully saturated rings. The quantitative estimate of drug-likeness (QED) is 0.798. The lowest BCUT2D eigenvalue weighted by atomic mass is 10.3. The average molecular weight is 346 g/mol. The van der Waals surface area contributed by atoms with Gasteiger partial charge in [0.05, 0.1) is 28.8 Å². The number of hydrogen-bond acceptors (Lipinski definition) is 3. The molecule has 22 heavy (non-hydrogen) atoms. The van der Waals surface area contributed by atoms with Gasteiger partial charge in [-0.05, 0) is 32.5 Å². The van der Waals surface area contributed by atoms with Crippen molar-refractivity contribution in [2.24, 2.45) is 0 Å². The summed E-state index contributed by atoms with van der Waals surface area (Å²) in [5.74, 6) is -0.353. The monoisotopic (exact) mass is 345 g/mol. The second-order valence-corrected chi connectivity index (χ2v) is 5.96. The summed E-state index contributed by atoms with van der Waals surface area (Å²) in [5, 5.41) is 6.18. The van der Waals surface area contributed by atoms with E-state index in [1.54, 1.807) is 23.1 Å². The van der Waals surface area contributed by atoms with Gasteiger partial charge < -0.3 is 10.6 Å². The lowest BCUT2D eigenvalue weighted by Gasteiger charge is -2.20. The van der Waals surface area contributed by atoms with Crippen LogP contribution in [-0.4, -0.2) is 42.4 Å². The van der Waals surface area contributed by atoms with Crippen LogP contribution in [0.4, 0.5) is 5.69 Å². The zero-order chi connectivity index (χ0) is 16.7. The first-order valence-corrected chi connectivity index (χ1v) is 7.84. The van der Waals surface area contributed by atoms with Gasteiger partial charge in [-0.15, -0.1) is 0 Å².